The van der Waals surface area contributed by atoms with Gasteiger partial charge in [0.05, 0.1) is 28.4 Å². The van der Waals surface area contributed by atoms with Gasteiger partial charge in [-0.15, -0.1) is 0 Å². The fourth-order valence-electron chi connectivity index (χ4n) is 4.47. The fourth-order valence-corrected chi connectivity index (χ4v) is 5.47. The van der Waals surface area contributed by atoms with Crippen LogP contribution in [0.1, 0.15) is 35.2 Å². The Kier molecular flexibility index (Phi) is 6.25. The van der Waals surface area contributed by atoms with E-state index in [4.69, 9.17) is 4.74 Å². The Balaban J connectivity index is 1.71. The number of Topliss-reactive ketones (excluding diaryl/α,β-unsaturated/α-hetero) is 1. The van der Waals surface area contributed by atoms with Crippen molar-refractivity contribution in [3.05, 3.63) is 94.1 Å². The summed E-state index contributed by atoms with van der Waals surface area (Å²) in [6.07, 6.45) is 0. The lowest BCUT2D eigenvalue weighted by atomic mass is 9.94. The van der Waals surface area contributed by atoms with E-state index in [0.717, 1.165) is 34.6 Å². The van der Waals surface area contributed by atoms with Crippen molar-refractivity contribution in [3.8, 4) is 5.75 Å². The van der Waals surface area contributed by atoms with E-state index in [1.807, 2.05) is 32.9 Å². The Morgan fingerprint density at radius 1 is 1.08 bits per heavy atom. The summed E-state index contributed by atoms with van der Waals surface area (Å²) in [5, 5.41) is 11.4. The van der Waals surface area contributed by atoms with Gasteiger partial charge in [0.2, 0.25) is 0 Å². The Morgan fingerprint density at radius 3 is 2.54 bits per heavy atom. The van der Waals surface area contributed by atoms with Crippen molar-refractivity contribution in [3.63, 3.8) is 0 Å². The zero-order valence-electron chi connectivity index (χ0n) is 20.2. The number of ketones is 1. The summed E-state index contributed by atoms with van der Waals surface area (Å²) in [5.74, 6) is -3.57. The summed E-state index contributed by atoms with van der Waals surface area (Å²) in [4.78, 5) is 32.3. The number of aliphatic hydroxyl groups excluding tert-OH is 1. The molecule has 2 heterocycles. The highest BCUT2D eigenvalue weighted by atomic mass is 32.1. The van der Waals surface area contributed by atoms with Gasteiger partial charge in [-0.2, -0.15) is 0 Å². The van der Waals surface area contributed by atoms with Gasteiger partial charge >= 0.3 is 5.91 Å². The van der Waals surface area contributed by atoms with Gasteiger partial charge in [-0.25, -0.2) is 13.8 Å². The van der Waals surface area contributed by atoms with E-state index in [1.165, 1.54) is 4.90 Å². The highest BCUT2D eigenvalue weighted by molar-refractivity contribution is 7.22. The molecule has 1 aromatic heterocycles. The van der Waals surface area contributed by atoms with E-state index in [1.54, 1.807) is 30.3 Å². The molecule has 1 aliphatic heterocycles. The lowest BCUT2D eigenvalue weighted by Crippen LogP contribution is -2.29. The second kappa shape index (κ2) is 9.40. The minimum absolute atomic E-state index is 0.0931. The van der Waals surface area contributed by atoms with E-state index in [2.05, 4.69) is 4.98 Å². The average Bonchev–Trinajstić information content (AvgIpc) is 3.37. The quantitative estimate of drug-likeness (QED) is 0.192. The number of thiazole rings is 1. The molecule has 1 aliphatic rings. The maximum atomic E-state index is 13.8. The summed E-state index contributed by atoms with van der Waals surface area (Å²) >= 11 is 0.960. The topological polar surface area (TPSA) is 79.7 Å². The minimum atomic E-state index is -1.06. The molecular weight excluding hydrogens is 498 g/mol. The van der Waals surface area contributed by atoms with Crippen LogP contribution >= 0.6 is 11.3 Å². The number of hydrogen-bond donors (Lipinski definition) is 1. The maximum Gasteiger partial charge on any atom is 0.301 e. The number of carbonyl (C=O) groups is 2. The maximum absolute atomic E-state index is 13.8. The molecule has 0 radical (unpaired) electrons. The summed E-state index contributed by atoms with van der Waals surface area (Å²) < 4.78 is 33.6. The van der Waals surface area contributed by atoms with Crippen molar-refractivity contribution in [2.24, 2.45) is 0 Å². The van der Waals surface area contributed by atoms with Crippen molar-refractivity contribution in [2.45, 2.75) is 26.8 Å². The molecule has 1 unspecified atom stereocenters. The van der Waals surface area contributed by atoms with Crippen LogP contribution in [0.4, 0.5) is 13.9 Å². The smallest absolute Gasteiger partial charge is 0.301 e. The molecule has 0 bridgehead atoms. The van der Waals surface area contributed by atoms with Crippen molar-refractivity contribution in [1.82, 2.24) is 4.98 Å². The number of nitrogens with zero attached hydrogens (tertiary/aromatic N) is 2. The highest BCUT2D eigenvalue weighted by Crippen LogP contribution is 2.44. The van der Waals surface area contributed by atoms with Crippen LogP contribution in [0.5, 0.6) is 5.75 Å². The number of halogens is 2. The van der Waals surface area contributed by atoms with Gasteiger partial charge in [0.1, 0.15) is 11.5 Å². The molecule has 1 saturated heterocycles. The number of aromatic nitrogens is 1. The van der Waals surface area contributed by atoms with E-state index in [-0.39, 0.29) is 22.0 Å². The zero-order valence-corrected chi connectivity index (χ0v) is 21.0. The largest absolute Gasteiger partial charge is 0.507 e. The van der Waals surface area contributed by atoms with Crippen molar-refractivity contribution in [2.75, 3.05) is 11.5 Å². The van der Waals surface area contributed by atoms with Gasteiger partial charge in [0, 0.05) is 11.6 Å². The summed E-state index contributed by atoms with van der Waals surface area (Å²) in [6, 6.07) is 13.2. The van der Waals surface area contributed by atoms with Crippen LogP contribution in [-0.4, -0.2) is 28.4 Å². The zero-order chi connectivity index (χ0) is 26.4. The fraction of sp³-hybridized carbons (Fsp3) is 0.179. The van der Waals surface area contributed by atoms with E-state index in [9.17, 15) is 23.5 Å². The molecule has 3 aromatic carbocycles. The summed E-state index contributed by atoms with van der Waals surface area (Å²) in [5.41, 5.74) is 2.63. The molecule has 0 aliphatic carbocycles. The van der Waals surface area contributed by atoms with Crippen LogP contribution in [0.25, 0.3) is 16.0 Å². The lowest BCUT2D eigenvalue weighted by molar-refractivity contribution is -0.132. The predicted molar refractivity (Wildman–Crippen MR) is 138 cm³/mol. The molecule has 6 nitrogen and oxygen atoms in total. The number of carbonyl (C=O) groups excluding carboxylic acids is 2. The molecule has 9 heteroatoms. The van der Waals surface area contributed by atoms with Crippen molar-refractivity contribution in [1.29, 1.82) is 0 Å². The SMILES string of the molecule is CCOc1ccc(/C(O)=C2\C(=O)C(=O)N(c3nc4cc(F)c(F)cc4s3)C2c2cccc(C)c2)cc1C. The molecule has 5 rings (SSSR count). The minimum Gasteiger partial charge on any atom is -0.507 e. The third kappa shape index (κ3) is 4.25. The van der Waals surface area contributed by atoms with Gasteiger partial charge in [0.25, 0.3) is 5.78 Å². The molecule has 1 atom stereocenters. The van der Waals surface area contributed by atoms with Crippen molar-refractivity contribution >= 4 is 44.1 Å². The van der Waals surface area contributed by atoms with Crippen molar-refractivity contribution < 1.29 is 28.2 Å². The predicted octanol–water partition coefficient (Wildman–Crippen LogP) is 6.22. The molecule has 1 amide bonds. The first-order valence-corrected chi connectivity index (χ1v) is 12.4. The first kappa shape index (κ1) is 24.6. The Bertz CT molecular complexity index is 1570. The molecule has 37 heavy (non-hydrogen) atoms. The van der Waals surface area contributed by atoms with E-state index < -0.39 is 29.4 Å². The number of ether oxygens (including phenoxy) is 1. The van der Waals surface area contributed by atoms with Crippen LogP contribution in [-0.2, 0) is 9.59 Å². The lowest BCUT2D eigenvalue weighted by Gasteiger charge is -2.23. The molecule has 1 N–H and O–H groups in total. The van der Waals surface area contributed by atoms with Gasteiger partial charge in [0.15, 0.2) is 16.8 Å². The van der Waals surface area contributed by atoms with Gasteiger partial charge < -0.3 is 9.84 Å². The third-order valence-electron chi connectivity index (χ3n) is 6.18. The number of amides is 1. The number of hydrogen-bond acceptors (Lipinski definition) is 6. The molecule has 0 spiro atoms. The number of fused-ring (bicyclic) bond motifs is 1. The first-order valence-electron chi connectivity index (χ1n) is 11.6. The Morgan fingerprint density at radius 2 is 1.84 bits per heavy atom. The standard InChI is InChI=1S/C28H22F2N2O4S/c1-4-36-21-9-8-17(11-15(21)3)25(33)23-24(16-7-5-6-14(2)10-16)32(27(35)26(23)34)28-31-20-12-18(29)19(30)13-22(20)37-28/h5-13,24,33H,4H2,1-3H3/b25-23+. The molecular formula is C28H22F2N2O4S. The molecule has 1 fully saturated rings. The number of rotatable bonds is 5. The Hall–Kier alpha value is -4.11. The van der Waals surface area contributed by atoms with Gasteiger partial charge in [-0.05, 0) is 56.2 Å². The molecule has 0 saturated carbocycles. The van der Waals surface area contributed by atoms with Gasteiger partial charge in [-0.3, -0.25) is 14.5 Å². The first-order chi connectivity index (χ1) is 17.7. The average molecular weight is 521 g/mol. The number of aryl methyl sites for hydroxylation is 2. The number of aliphatic hydroxyl groups is 1. The third-order valence-corrected chi connectivity index (χ3v) is 7.19. The normalized spacial score (nSPS) is 17.1. The molecule has 4 aromatic rings. The van der Waals surface area contributed by atoms with Gasteiger partial charge in [-0.1, -0.05) is 41.2 Å². The van der Waals surface area contributed by atoms with Crippen LogP contribution in [0.3, 0.4) is 0 Å². The Labute approximate surface area is 215 Å². The summed E-state index contributed by atoms with van der Waals surface area (Å²) in [6.45, 7) is 6.02. The summed E-state index contributed by atoms with van der Waals surface area (Å²) in [7, 11) is 0. The highest BCUT2D eigenvalue weighted by Gasteiger charge is 2.48. The second-order valence-corrected chi connectivity index (χ2v) is 9.74. The number of benzene rings is 3. The van der Waals surface area contributed by atoms with Crippen LogP contribution < -0.4 is 9.64 Å². The van der Waals surface area contributed by atoms with Crippen LogP contribution in [0.15, 0.2) is 60.2 Å². The van der Waals surface area contributed by atoms with Crippen LogP contribution in [0.2, 0.25) is 0 Å². The number of anilines is 1. The second-order valence-electron chi connectivity index (χ2n) is 8.73. The molecule has 188 valence electrons. The van der Waals surface area contributed by atoms with Crippen LogP contribution in [0, 0.1) is 25.5 Å². The van der Waals surface area contributed by atoms with E-state index >= 15 is 0 Å². The monoisotopic (exact) mass is 520 g/mol. The van der Waals surface area contributed by atoms with E-state index in [0.29, 0.717) is 28.2 Å².